The number of carbonyl (C=O) groups excluding carboxylic acids is 1. The molecule has 0 fully saturated rings. The lowest BCUT2D eigenvalue weighted by molar-refractivity contribution is 0.102. The third-order valence-corrected chi connectivity index (χ3v) is 3.96. The number of hydrogen-bond acceptors (Lipinski definition) is 3. The van der Waals surface area contributed by atoms with Crippen molar-refractivity contribution in [1.29, 1.82) is 0 Å². The molecule has 7 heteroatoms. The molecule has 0 bridgehead atoms. The third-order valence-electron chi connectivity index (χ3n) is 3.30. The number of rotatable bonds is 2. The lowest BCUT2D eigenvalue weighted by Crippen LogP contribution is -2.27. The lowest BCUT2D eigenvalue weighted by Gasteiger charge is -2.09. The van der Waals surface area contributed by atoms with E-state index in [0.29, 0.717) is 10.1 Å². The number of hydrogen-bond donors (Lipinski definition) is 1. The summed E-state index contributed by atoms with van der Waals surface area (Å²) in [5.41, 5.74) is 0.596. The molecule has 0 aliphatic heterocycles. The van der Waals surface area contributed by atoms with E-state index in [9.17, 15) is 14.0 Å². The van der Waals surface area contributed by atoms with Crippen LogP contribution in [-0.4, -0.2) is 15.3 Å². The van der Waals surface area contributed by atoms with Crippen LogP contribution in [0.15, 0.2) is 52.0 Å². The predicted molar refractivity (Wildman–Crippen MR) is 88.3 cm³/mol. The van der Waals surface area contributed by atoms with Gasteiger partial charge in [0.1, 0.15) is 17.0 Å². The van der Waals surface area contributed by atoms with Gasteiger partial charge in [-0.05, 0) is 46.6 Å². The SMILES string of the molecule is Cc1ccc2ncc(C(=O)Nc3c(F)cccc3Br)c(=O)n2c1. The molecule has 0 unspecified atom stereocenters. The van der Waals surface area contributed by atoms with Crippen LogP contribution < -0.4 is 10.9 Å². The topological polar surface area (TPSA) is 63.5 Å². The van der Waals surface area contributed by atoms with Crippen molar-refractivity contribution in [1.82, 2.24) is 9.38 Å². The van der Waals surface area contributed by atoms with Crippen LogP contribution >= 0.6 is 15.9 Å². The van der Waals surface area contributed by atoms with Crippen molar-refractivity contribution in [2.24, 2.45) is 0 Å². The van der Waals surface area contributed by atoms with Crippen LogP contribution in [0.3, 0.4) is 0 Å². The summed E-state index contributed by atoms with van der Waals surface area (Å²) < 4.78 is 15.5. The molecule has 2 aromatic heterocycles. The average molecular weight is 376 g/mol. The van der Waals surface area contributed by atoms with Gasteiger partial charge >= 0.3 is 0 Å². The maximum Gasteiger partial charge on any atom is 0.270 e. The number of pyridine rings is 1. The van der Waals surface area contributed by atoms with E-state index in [4.69, 9.17) is 0 Å². The number of halogens is 2. The number of nitrogens with one attached hydrogen (secondary N) is 1. The van der Waals surface area contributed by atoms with Crippen LogP contribution in [0, 0.1) is 12.7 Å². The zero-order valence-electron chi connectivity index (χ0n) is 12.0. The fourth-order valence-electron chi connectivity index (χ4n) is 2.14. The first-order chi connectivity index (χ1) is 11.0. The molecule has 0 aliphatic rings. The van der Waals surface area contributed by atoms with E-state index in [1.165, 1.54) is 22.7 Å². The minimum absolute atomic E-state index is 0.0220. The van der Waals surface area contributed by atoms with Gasteiger partial charge in [0.15, 0.2) is 0 Å². The smallest absolute Gasteiger partial charge is 0.270 e. The van der Waals surface area contributed by atoms with Crippen molar-refractivity contribution >= 4 is 33.2 Å². The van der Waals surface area contributed by atoms with E-state index < -0.39 is 17.3 Å². The predicted octanol–water partition coefficient (Wildman–Crippen LogP) is 3.16. The monoisotopic (exact) mass is 375 g/mol. The number of carbonyl (C=O) groups is 1. The van der Waals surface area contributed by atoms with Crippen molar-refractivity contribution in [2.45, 2.75) is 6.92 Å². The molecule has 0 spiro atoms. The summed E-state index contributed by atoms with van der Waals surface area (Å²) in [6.45, 7) is 1.83. The van der Waals surface area contributed by atoms with Crippen LogP contribution in [0.2, 0.25) is 0 Å². The minimum atomic E-state index is -0.718. The Hall–Kier alpha value is -2.54. The standard InChI is InChI=1S/C16H11BrFN3O2/c1-9-5-6-13-19-7-10(16(23)21(13)8-9)15(22)20-14-11(17)3-2-4-12(14)18/h2-8H,1H3,(H,20,22). The molecule has 1 aromatic carbocycles. The zero-order chi connectivity index (χ0) is 16.6. The second-order valence-corrected chi connectivity index (χ2v) is 5.82. The zero-order valence-corrected chi connectivity index (χ0v) is 13.6. The highest BCUT2D eigenvalue weighted by Crippen LogP contribution is 2.25. The molecule has 23 heavy (non-hydrogen) atoms. The number of amides is 1. The number of nitrogens with zero attached hydrogens (tertiary/aromatic N) is 2. The average Bonchev–Trinajstić information content (AvgIpc) is 2.52. The maximum absolute atomic E-state index is 13.8. The number of anilines is 1. The maximum atomic E-state index is 13.8. The Morgan fingerprint density at radius 1 is 1.30 bits per heavy atom. The molecule has 0 aliphatic carbocycles. The Bertz CT molecular complexity index is 964. The van der Waals surface area contributed by atoms with Crippen molar-refractivity contribution in [3.05, 3.63) is 74.5 Å². The molecule has 116 valence electrons. The Morgan fingerprint density at radius 2 is 2.09 bits per heavy atom. The summed E-state index contributed by atoms with van der Waals surface area (Å²) in [4.78, 5) is 28.8. The van der Waals surface area contributed by atoms with E-state index in [-0.39, 0.29) is 11.3 Å². The second kappa shape index (κ2) is 5.92. The first-order valence-electron chi connectivity index (χ1n) is 6.71. The molecule has 3 rings (SSSR count). The van der Waals surface area contributed by atoms with E-state index in [2.05, 4.69) is 26.2 Å². The number of aromatic nitrogens is 2. The first-order valence-corrected chi connectivity index (χ1v) is 7.50. The van der Waals surface area contributed by atoms with Crippen LogP contribution in [0.25, 0.3) is 5.65 Å². The first kappa shape index (κ1) is 15.4. The molecule has 1 N–H and O–H groups in total. The van der Waals surface area contributed by atoms with Gasteiger partial charge in [0.2, 0.25) is 0 Å². The van der Waals surface area contributed by atoms with Gasteiger partial charge in [-0.15, -0.1) is 0 Å². The number of aryl methyl sites for hydroxylation is 1. The fraction of sp³-hybridized carbons (Fsp3) is 0.0625. The van der Waals surface area contributed by atoms with E-state index in [1.54, 1.807) is 18.3 Å². The molecular weight excluding hydrogens is 365 g/mol. The largest absolute Gasteiger partial charge is 0.318 e. The van der Waals surface area contributed by atoms with Gasteiger partial charge in [-0.3, -0.25) is 14.0 Å². The van der Waals surface area contributed by atoms with Crippen LogP contribution in [0.4, 0.5) is 10.1 Å². The quantitative estimate of drug-likeness (QED) is 0.748. The van der Waals surface area contributed by atoms with E-state index in [0.717, 1.165) is 5.56 Å². The van der Waals surface area contributed by atoms with Crippen LogP contribution in [0.1, 0.15) is 15.9 Å². The van der Waals surface area contributed by atoms with Gasteiger partial charge in [-0.2, -0.15) is 0 Å². The van der Waals surface area contributed by atoms with Crippen LogP contribution in [-0.2, 0) is 0 Å². The minimum Gasteiger partial charge on any atom is -0.318 e. The number of para-hydroxylation sites is 1. The van der Waals surface area contributed by atoms with Gasteiger partial charge in [-0.1, -0.05) is 12.1 Å². The van der Waals surface area contributed by atoms with Crippen molar-refractivity contribution in [2.75, 3.05) is 5.32 Å². The molecule has 0 atom stereocenters. The van der Waals surface area contributed by atoms with Gasteiger partial charge in [0.25, 0.3) is 11.5 Å². The molecule has 0 saturated carbocycles. The summed E-state index contributed by atoms with van der Waals surface area (Å²) >= 11 is 3.16. The van der Waals surface area contributed by atoms with E-state index in [1.807, 2.05) is 13.0 Å². The highest BCUT2D eigenvalue weighted by Gasteiger charge is 2.16. The van der Waals surface area contributed by atoms with Gasteiger partial charge in [0, 0.05) is 16.9 Å². The molecule has 0 radical (unpaired) electrons. The normalized spacial score (nSPS) is 10.7. The third kappa shape index (κ3) is 2.87. The molecular formula is C16H11BrFN3O2. The van der Waals surface area contributed by atoms with Gasteiger partial charge in [0.05, 0.1) is 5.69 Å². The lowest BCUT2D eigenvalue weighted by atomic mass is 10.2. The second-order valence-electron chi connectivity index (χ2n) is 4.96. The van der Waals surface area contributed by atoms with Gasteiger partial charge < -0.3 is 5.32 Å². The Morgan fingerprint density at radius 3 is 2.83 bits per heavy atom. The molecule has 3 aromatic rings. The van der Waals surface area contributed by atoms with Gasteiger partial charge in [-0.25, -0.2) is 9.37 Å². The Balaban J connectivity index is 2.05. The highest BCUT2D eigenvalue weighted by atomic mass is 79.9. The molecule has 1 amide bonds. The summed E-state index contributed by atoms with van der Waals surface area (Å²) in [6.07, 6.45) is 2.79. The highest BCUT2D eigenvalue weighted by molar-refractivity contribution is 9.10. The summed E-state index contributed by atoms with van der Waals surface area (Å²) in [6, 6.07) is 7.82. The number of benzene rings is 1. The van der Waals surface area contributed by atoms with Crippen molar-refractivity contribution in [3.8, 4) is 0 Å². The molecule has 0 saturated heterocycles. The van der Waals surface area contributed by atoms with Crippen molar-refractivity contribution in [3.63, 3.8) is 0 Å². The summed E-state index contributed by atoms with van der Waals surface area (Å²) in [7, 11) is 0. The fourth-order valence-corrected chi connectivity index (χ4v) is 2.58. The van der Waals surface area contributed by atoms with E-state index >= 15 is 0 Å². The van der Waals surface area contributed by atoms with Crippen LogP contribution in [0.5, 0.6) is 0 Å². The summed E-state index contributed by atoms with van der Waals surface area (Å²) in [5.74, 6) is -1.32. The Kier molecular flexibility index (Phi) is 3.96. The number of fused-ring (bicyclic) bond motifs is 1. The molecule has 2 heterocycles. The Labute approximate surface area is 138 Å². The summed E-state index contributed by atoms with van der Waals surface area (Å²) in [5, 5.41) is 2.40. The van der Waals surface area contributed by atoms with Crippen molar-refractivity contribution < 1.29 is 9.18 Å². The molecule has 5 nitrogen and oxygen atoms in total.